The van der Waals surface area contributed by atoms with Gasteiger partial charge in [-0.1, -0.05) is 22.9 Å². The predicted octanol–water partition coefficient (Wildman–Crippen LogP) is 2.43. The fourth-order valence-corrected chi connectivity index (χ4v) is 4.07. The van der Waals surface area contributed by atoms with Gasteiger partial charge in [0.15, 0.2) is 0 Å². The third-order valence-electron chi connectivity index (χ3n) is 2.44. The molecule has 2 N–H and O–H groups in total. The summed E-state index contributed by atoms with van der Waals surface area (Å²) in [6.45, 7) is 3.80. The van der Waals surface area contributed by atoms with Crippen LogP contribution in [0.3, 0.4) is 0 Å². The van der Waals surface area contributed by atoms with Crippen LogP contribution in [0.15, 0.2) is 26.0 Å². The van der Waals surface area contributed by atoms with Crippen molar-refractivity contribution in [1.29, 1.82) is 0 Å². The van der Waals surface area contributed by atoms with Crippen LogP contribution in [0.4, 0.5) is 0 Å². The van der Waals surface area contributed by atoms with E-state index in [-0.39, 0.29) is 24.0 Å². The first-order valence-corrected chi connectivity index (χ1v) is 8.41. The van der Waals surface area contributed by atoms with Gasteiger partial charge in [-0.05, 0) is 46.5 Å². The Morgan fingerprint density at radius 1 is 1.33 bits per heavy atom. The number of sulfonamides is 1. The maximum atomic E-state index is 12.1. The monoisotopic (exact) mass is 399 g/mol. The van der Waals surface area contributed by atoms with Crippen LogP contribution in [0.2, 0.25) is 0 Å². The lowest BCUT2D eigenvalue weighted by Crippen LogP contribution is -2.30. The normalized spacial score (nSPS) is 13.6. The number of hydrogen-bond donors (Lipinski definition) is 2. The summed E-state index contributed by atoms with van der Waals surface area (Å²) in [5.41, 5.74) is 0.949. The molecule has 7 heteroatoms. The van der Waals surface area contributed by atoms with Crippen molar-refractivity contribution in [2.75, 3.05) is 13.2 Å². The van der Waals surface area contributed by atoms with E-state index in [1.54, 1.807) is 19.1 Å². The minimum atomic E-state index is -3.57. The zero-order valence-electron chi connectivity index (χ0n) is 10.1. The molecule has 0 radical (unpaired) electrons. The van der Waals surface area contributed by atoms with Crippen molar-refractivity contribution >= 4 is 41.9 Å². The molecule has 4 nitrogen and oxygen atoms in total. The zero-order valence-corrected chi connectivity index (χ0v) is 14.1. The Morgan fingerprint density at radius 2 is 1.94 bits per heavy atom. The van der Waals surface area contributed by atoms with Gasteiger partial charge in [-0.15, -0.1) is 0 Å². The van der Waals surface area contributed by atoms with Crippen molar-refractivity contribution in [2.45, 2.75) is 18.7 Å². The molecule has 1 atom stereocenters. The zero-order chi connectivity index (χ0) is 13.9. The molecule has 18 heavy (non-hydrogen) atoms. The number of rotatable bonds is 5. The van der Waals surface area contributed by atoms with Crippen molar-refractivity contribution in [3.05, 3.63) is 26.6 Å². The quantitative estimate of drug-likeness (QED) is 0.797. The Kier molecular flexibility index (Phi) is 5.79. The third kappa shape index (κ3) is 4.03. The summed E-state index contributed by atoms with van der Waals surface area (Å²) >= 11 is 6.57. The van der Waals surface area contributed by atoms with Crippen molar-refractivity contribution < 1.29 is 13.5 Å². The Bertz CT molecular complexity index is 531. The first-order chi connectivity index (χ1) is 8.27. The molecular weight excluding hydrogens is 386 g/mol. The highest BCUT2D eigenvalue weighted by Gasteiger charge is 2.19. The Hall–Kier alpha value is 0.0500. The highest BCUT2D eigenvalue weighted by Crippen LogP contribution is 2.28. The lowest BCUT2D eigenvalue weighted by molar-refractivity contribution is 0.238. The molecule has 0 aliphatic heterocycles. The Balaban J connectivity index is 3.02. The fourth-order valence-electron chi connectivity index (χ4n) is 1.23. The van der Waals surface area contributed by atoms with E-state index in [4.69, 9.17) is 5.11 Å². The van der Waals surface area contributed by atoms with E-state index in [0.717, 1.165) is 10.0 Å². The van der Waals surface area contributed by atoms with Crippen molar-refractivity contribution in [3.63, 3.8) is 0 Å². The van der Waals surface area contributed by atoms with Gasteiger partial charge in [-0.25, -0.2) is 13.1 Å². The number of aryl methyl sites for hydroxylation is 1. The SMILES string of the molecule is Cc1cc(Br)c(S(=O)(=O)NCC(C)CO)cc1Br. The van der Waals surface area contributed by atoms with E-state index in [9.17, 15) is 8.42 Å². The summed E-state index contributed by atoms with van der Waals surface area (Å²) in [5.74, 6) is -0.118. The molecule has 1 aromatic carbocycles. The van der Waals surface area contributed by atoms with Crippen LogP contribution in [0.5, 0.6) is 0 Å². The van der Waals surface area contributed by atoms with E-state index in [2.05, 4.69) is 36.6 Å². The van der Waals surface area contributed by atoms with E-state index < -0.39 is 10.0 Å². The second-order valence-electron chi connectivity index (χ2n) is 4.17. The summed E-state index contributed by atoms with van der Waals surface area (Å²) in [6, 6.07) is 3.31. The highest BCUT2D eigenvalue weighted by molar-refractivity contribution is 9.11. The van der Waals surface area contributed by atoms with Crippen molar-refractivity contribution in [3.8, 4) is 0 Å². The summed E-state index contributed by atoms with van der Waals surface area (Å²) in [6.07, 6.45) is 0. The molecule has 0 bridgehead atoms. The first-order valence-electron chi connectivity index (χ1n) is 5.34. The number of halogens is 2. The Labute approximate surface area is 124 Å². The maximum Gasteiger partial charge on any atom is 0.241 e. The van der Waals surface area contributed by atoms with Crippen LogP contribution in [0, 0.1) is 12.8 Å². The molecule has 0 amide bonds. The molecule has 0 fully saturated rings. The summed E-state index contributed by atoms with van der Waals surface area (Å²) in [7, 11) is -3.57. The smallest absolute Gasteiger partial charge is 0.241 e. The van der Waals surface area contributed by atoms with Gasteiger partial charge in [0, 0.05) is 22.1 Å². The molecule has 0 aliphatic rings. The minimum Gasteiger partial charge on any atom is -0.396 e. The first kappa shape index (κ1) is 16.1. The molecule has 102 valence electrons. The number of nitrogens with one attached hydrogen (secondary N) is 1. The van der Waals surface area contributed by atoms with Gasteiger partial charge < -0.3 is 5.11 Å². The van der Waals surface area contributed by atoms with Crippen LogP contribution < -0.4 is 4.72 Å². The lowest BCUT2D eigenvalue weighted by atomic mass is 10.2. The molecule has 0 saturated heterocycles. The molecule has 0 aliphatic carbocycles. The van der Waals surface area contributed by atoms with E-state index in [0.29, 0.717) is 4.47 Å². The molecule has 0 aromatic heterocycles. The van der Waals surface area contributed by atoms with Gasteiger partial charge in [0.2, 0.25) is 10.0 Å². The van der Waals surface area contributed by atoms with E-state index in [1.807, 2.05) is 6.92 Å². The van der Waals surface area contributed by atoms with Crippen molar-refractivity contribution in [1.82, 2.24) is 4.72 Å². The maximum absolute atomic E-state index is 12.1. The van der Waals surface area contributed by atoms with Gasteiger partial charge in [0.1, 0.15) is 0 Å². The average molecular weight is 401 g/mol. The van der Waals surface area contributed by atoms with Crippen LogP contribution in [0.25, 0.3) is 0 Å². The highest BCUT2D eigenvalue weighted by atomic mass is 79.9. The second kappa shape index (κ2) is 6.47. The third-order valence-corrected chi connectivity index (χ3v) is 5.67. The summed E-state index contributed by atoms with van der Waals surface area (Å²) in [5, 5.41) is 8.89. The van der Waals surface area contributed by atoms with Crippen molar-refractivity contribution in [2.24, 2.45) is 5.92 Å². The van der Waals surface area contributed by atoms with Gasteiger partial charge >= 0.3 is 0 Å². The molecule has 0 saturated carbocycles. The lowest BCUT2D eigenvalue weighted by Gasteiger charge is -2.12. The van der Waals surface area contributed by atoms with Gasteiger partial charge in [0.05, 0.1) is 4.90 Å². The minimum absolute atomic E-state index is 0.0543. The number of aliphatic hydroxyl groups excluding tert-OH is 1. The molecule has 1 unspecified atom stereocenters. The molecule has 1 rings (SSSR count). The number of aliphatic hydroxyl groups is 1. The second-order valence-corrected chi connectivity index (χ2v) is 7.62. The van der Waals surface area contributed by atoms with Gasteiger partial charge in [-0.3, -0.25) is 0 Å². The van der Waals surface area contributed by atoms with Crippen LogP contribution in [-0.4, -0.2) is 26.7 Å². The van der Waals surface area contributed by atoms with Gasteiger partial charge in [-0.2, -0.15) is 0 Å². The molecule has 0 heterocycles. The topological polar surface area (TPSA) is 66.4 Å². The molecule has 1 aromatic rings. The largest absolute Gasteiger partial charge is 0.396 e. The van der Waals surface area contributed by atoms with Gasteiger partial charge in [0.25, 0.3) is 0 Å². The van der Waals surface area contributed by atoms with Crippen LogP contribution in [0.1, 0.15) is 12.5 Å². The standard InChI is InChI=1S/C11H15Br2NO3S/c1-7(6-15)5-14-18(16,17)11-4-9(12)8(2)3-10(11)13/h3-4,7,14-15H,5-6H2,1-2H3. The van der Waals surface area contributed by atoms with Crippen LogP contribution >= 0.6 is 31.9 Å². The predicted molar refractivity (Wildman–Crippen MR) is 78.0 cm³/mol. The summed E-state index contributed by atoms with van der Waals surface area (Å²) < 4.78 is 27.9. The fraction of sp³-hybridized carbons (Fsp3) is 0.455. The summed E-state index contributed by atoms with van der Waals surface area (Å²) in [4.78, 5) is 0.185. The van der Waals surface area contributed by atoms with E-state index in [1.165, 1.54) is 0 Å². The van der Waals surface area contributed by atoms with Crippen LogP contribution in [-0.2, 0) is 10.0 Å². The average Bonchev–Trinajstić information content (AvgIpc) is 2.30. The van der Waals surface area contributed by atoms with E-state index >= 15 is 0 Å². The number of benzene rings is 1. The molecular formula is C11H15Br2NO3S. The number of hydrogen-bond acceptors (Lipinski definition) is 3. The molecule has 0 spiro atoms. The Morgan fingerprint density at radius 3 is 2.50 bits per heavy atom.